The normalized spacial score (nSPS) is 29.1. The van der Waals surface area contributed by atoms with Crippen LogP contribution in [0.1, 0.15) is 44.2 Å². The number of H-pyrrole nitrogens is 1. The lowest BCUT2D eigenvalue weighted by Crippen LogP contribution is -2.49. The van der Waals surface area contributed by atoms with E-state index in [1.54, 1.807) is 11.2 Å². The van der Waals surface area contributed by atoms with E-state index in [1.807, 2.05) is 0 Å². The Labute approximate surface area is 114 Å². The van der Waals surface area contributed by atoms with Crippen molar-refractivity contribution in [3.8, 4) is 0 Å². The molecular formula is C13H21N3O2S. The molecule has 0 radical (unpaired) electrons. The molecule has 106 valence electrons. The first-order valence-electron chi connectivity index (χ1n) is 7.12. The molecule has 6 heteroatoms. The van der Waals surface area contributed by atoms with Gasteiger partial charge in [-0.2, -0.15) is 9.40 Å². The van der Waals surface area contributed by atoms with Gasteiger partial charge in [0.25, 0.3) is 0 Å². The summed E-state index contributed by atoms with van der Waals surface area (Å²) in [6.07, 6.45) is 8.20. The Morgan fingerprint density at radius 2 is 2.00 bits per heavy atom. The number of nitrogens with one attached hydrogen (secondary N) is 1. The Morgan fingerprint density at radius 3 is 2.74 bits per heavy atom. The van der Waals surface area contributed by atoms with Crippen molar-refractivity contribution >= 4 is 10.0 Å². The lowest BCUT2D eigenvalue weighted by Gasteiger charge is -2.43. The van der Waals surface area contributed by atoms with Crippen molar-refractivity contribution in [2.75, 3.05) is 6.54 Å². The van der Waals surface area contributed by atoms with Gasteiger partial charge in [-0.3, -0.25) is 5.10 Å². The third-order valence-corrected chi connectivity index (χ3v) is 6.60. The van der Waals surface area contributed by atoms with E-state index >= 15 is 0 Å². The molecule has 1 saturated carbocycles. The van der Waals surface area contributed by atoms with Gasteiger partial charge in [0, 0.05) is 12.6 Å². The van der Waals surface area contributed by atoms with E-state index in [4.69, 9.17) is 0 Å². The SMILES string of the molecule is Cc1[nH]ncc1S(=O)(=O)N1CCCC2CCCCC21. The quantitative estimate of drug-likeness (QED) is 0.903. The number of sulfonamides is 1. The minimum absolute atomic E-state index is 0.210. The second kappa shape index (κ2) is 4.90. The second-order valence-corrected chi connectivity index (χ2v) is 7.59. The number of aromatic nitrogens is 2. The van der Waals surface area contributed by atoms with Crippen LogP contribution in [0.25, 0.3) is 0 Å². The van der Waals surface area contributed by atoms with Gasteiger partial charge in [0.1, 0.15) is 4.90 Å². The number of hydrogen-bond donors (Lipinski definition) is 1. The van der Waals surface area contributed by atoms with E-state index in [2.05, 4.69) is 10.2 Å². The molecule has 2 unspecified atom stereocenters. The molecule has 0 spiro atoms. The minimum atomic E-state index is -3.38. The highest BCUT2D eigenvalue weighted by Crippen LogP contribution is 2.38. The lowest BCUT2D eigenvalue weighted by atomic mass is 9.79. The third kappa shape index (κ3) is 2.21. The van der Waals surface area contributed by atoms with Crippen molar-refractivity contribution in [3.63, 3.8) is 0 Å². The fourth-order valence-electron chi connectivity index (χ4n) is 3.60. The molecule has 0 bridgehead atoms. The van der Waals surface area contributed by atoms with Crippen LogP contribution in [0.4, 0.5) is 0 Å². The summed E-state index contributed by atoms with van der Waals surface area (Å²) in [5, 5.41) is 6.59. The van der Waals surface area contributed by atoms with Crippen LogP contribution in [0.2, 0.25) is 0 Å². The predicted octanol–water partition coefficient (Wildman–Crippen LogP) is 2.06. The topological polar surface area (TPSA) is 66.1 Å². The summed E-state index contributed by atoms with van der Waals surface area (Å²) in [5.74, 6) is 0.560. The Kier molecular flexibility index (Phi) is 3.39. The zero-order valence-corrected chi connectivity index (χ0v) is 12.1. The van der Waals surface area contributed by atoms with Gasteiger partial charge < -0.3 is 0 Å². The average molecular weight is 283 g/mol. The van der Waals surface area contributed by atoms with Gasteiger partial charge in [0.2, 0.25) is 10.0 Å². The highest BCUT2D eigenvalue weighted by Gasteiger charge is 2.40. The maximum absolute atomic E-state index is 12.8. The molecule has 19 heavy (non-hydrogen) atoms. The number of aryl methyl sites for hydroxylation is 1. The number of nitrogens with zero attached hydrogens (tertiary/aromatic N) is 2. The highest BCUT2D eigenvalue weighted by molar-refractivity contribution is 7.89. The smallest absolute Gasteiger partial charge is 0.246 e. The maximum atomic E-state index is 12.8. The van der Waals surface area contributed by atoms with E-state index in [0.717, 1.165) is 19.3 Å². The third-order valence-electron chi connectivity index (χ3n) is 4.56. The van der Waals surface area contributed by atoms with Gasteiger partial charge in [-0.1, -0.05) is 12.8 Å². The van der Waals surface area contributed by atoms with E-state index in [9.17, 15) is 8.42 Å². The summed E-state index contributed by atoms with van der Waals surface area (Å²) in [4.78, 5) is 0.346. The monoisotopic (exact) mass is 283 g/mol. The fourth-order valence-corrected chi connectivity index (χ4v) is 5.48. The van der Waals surface area contributed by atoms with Crippen LogP contribution in [-0.4, -0.2) is 35.5 Å². The Hall–Kier alpha value is -0.880. The first-order valence-corrected chi connectivity index (χ1v) is 8.56. The standard InChI is InChI=1S/C13H21N3O2S/c1-10-13(9-14-15-10)19(17,18)16-8-4-6-11-5-2-3-7-12(11)16/h9,11-12H,2-8H2,1H3,(H,14,15). The molecule has 2 heterocycles. The van der Waals surface area contributed by atoms with E-state index in [1.165, 1.54) is 25.5 Å². The molecule has 0 aromatic carbocycles. The minimum Gasteiger partial charge on any atom is -0.281 e. The summed E-state index contributed by atoms with van der Waals surface area (Å²) in [5.41, 5.74) is 0.637. The molecule has 1 aliphatic carbocycles. The van der Waals surface area contributed by atoms with E-state index in [-0.39, 0.29) is 6.04 Å². The van der Waals surface area contributed by atoms with Gasteiger partial charge in [0.15, 0.2) is 0 Å². The number of piperidine rings is 1. The van der Waals surface area contributed by atoms with Crippen molar-refractivity contribution in [1.29, 1.82) is 0 Å². The van der Waals surface area contributed by atoms with Gasteiger partial charge in [-0.15, -0.1) is 0 Å². The van der Waals surface area contributed by atoms with Crippen molar-refractivity contribution in [2.45, 2.75) is 56.4 Å². The zero-order valence-electron chi connectivity index (χ0n) is 11.3. The molecular weight excluding hydrogens is 262 g/mol. The molecule has 2 fully saturated rings. The highest BCUT2D eigenvalue weighted by atomic mass is 32.2. The number of rotatable bonds is 2. The molecule has 1 aromatic rings. The van der Waals surface area contributed by atoms with Crippen LogP contribution in [0, 0.1) is 12.8 Å². The van der Waals surface area contributed by atoms with Crippen LogP contribution < -0.4 is 0 Å². The molecule has 1 N–H and O–H groups in total. The fraction of sp³-hybridized carbons (Fsp3) is 0.769. The van der Waals surface area contributed by atoms with Gasteiger partial charge in [-0.05, 0) is 38.5 Å². The van der Waals surface area contributed by atoms with Crippen LogP contribution in [0.5, 0.6) is 0 Å². The second-order valence-electron chi connectivity index (χ2n) is 5.73. The predicted molar refractivity (Wildman–Crippen MR) is 72.2 cm³/mol. The number of aromatic amines is 1. The average Bonchev–Trinajstić information content (AvgIpc) is 2.85. The Balaban J connectivity index is 1.94. The summed E-state index contributed by atoms with van der Waals surface area (Å²) in [7, 11) is -3.38. The van der Waals surface area contributed by atoms with Crippen molar-refractivity contribution in [2.24, 2.45) is 5.92 Å². The largest absolute Gasteiger partial charge is 0.281 e. The van der Waals surface area contributed by atoms with Crippen molar-refractivity contribution < 1.29 is 8.42 Å². The molecule has 0 amide bonds. The molecule has 2 atom stereocenters. The molecule has 5 nitrogen and oxygen atoms in total. The van der Waals surface area contributed by atoms with Crippen LogP contribution >= 0.6 is 0 Å². The lowest BCUT2D eigenvalue weighted by molar-refractivity contribution is 0.129. The molecule has 1 aliphatic heterocycles. The summed E-state index contributed by atoms with van der Waals surface area (Å²) < 4.78 is 27.3. The summed E-state index contributed by atoms with van der Waals surface area (Å²) >= 11 is 0. The molecule has 3 rings (SSSR count). The van der Waals surface area contributed by atoms with Gasteiger partial charge >= 0.3 is 0 Å². The maximum Gasteiger partial charge on any atom is 0.246 e. The first kappa shape index (κ1) is 13.1. The van der Waals surface area contributed by atoms with Crippen molar-refractivity contribution in [3.05, 3.63) is 11.9 Å². The van der Waals surface area contributed by atoms with Crippen LogP contribution in [0.15, 0.2) is 11.1 Å². The van der Waals surface area contributed by atoms with Crippen LogP contribution in [0.3, 0.4) is 0 Å². The van der Waals surface area contributed by atoms with Crippen LogP contribution in [-0.2, 0) is 10.0 Å². The molecule has 2 aliphatic rings. The Bertz CT molecular complexity index is 550. The number of fused-ring (bicyclic) bond motifs is 1. The number of hydrogen-bond acceptors (Lipinski definition) is 3. The summed E-state index contributed by atoms with van der Waals surface area (Å²) in [6.45, 7) is 2.43. The van der Waals surface area contributed by atoms with Gasteiger partial charge in [-0.25, -0.2) is 8.42 Å². The Morgan fingerprint density at radius 1 is 1.26 bits per heavy atom. The van der Waals surface area contributed by atoms with E-state index < -0.39 is 10.0 Å². The molecule has 1 aromatic heterocycles. The first-order chi connectivity index (χ1) is 9.10. The van der Waals surface area contributed by atoms with Gasteiger partial charge in [0.05, 0.1) is 11.9 Å². The van der Waals surface area contributed by atoms with Crippen molar-refractivity contribution in [1.82, 2.24) is 14.5 Å². The van der Waals surface area contributed by atoms with E-state index in [0.29, 0.717) is 23.1 Å². The molecule has 1 saturated heterocycles. The summed E-state index contributed by atoms with van der Waals surface area (Å²) in [6, 6.07) is 0.210. The zero-order chi connectivity index (χ0) is 13.5.